The van der Waals surface area contributed by atoms with Crippen molar-refractivity contribution in [2.24, 2.45) is 5.92 Å². The second kappa shape index (κ2) is 9.10. The van der Waals surface area contributed by atoms with Gasteiger partial charge in [-0.15, -0.1) is 0 Å². The van der Waals surface area contributed by atoms with E-state index in [-0.39, 0.29) is 23.7 Å². The Balaban J connectivity index is 1.48. The largest absolute Gasteiger partial charge is 0.384 e. The first-order valence-corrected chi connectivity index (χ1v) is 9.73. The lowest BCUT2D eigenvalue weighted by molar-refractivity contribution is -0.134. The highest BCUT2D eigenvalue weighted by atomic mass is 19.1. The van der Waals surface area contributed by atoms with Crippen LogP contribution in [-0.2, 0) is 17.8 Å². The van der Waals surface area contributed by atoms with Crippen molar-refractivity contribution >= 4 is 11.7 Å². The number of anilines is 1. The number of carbonyl (C=O) groups is 1. The number of likely N-dealkylation sites (N-methyl/N-ethyl adjacent to an activating group) is 1. The Morgan fingerprint density at radius 3 is 3.00 bits per heavy atom. The second-order valence-corrected chi connectivity index (χ2v) is 7.61. The van der Waals surface area contributed by atoms with E-state index in [4.69, 9.17) is 5.73 Å². The van der Waals surface area contributed by atoms with Crippen molar-refractivity contribution in [2.75, 3.05) is 25.9 Å². The van der Waals surface area contributed by atoms with Crippen LogP contribution in [0.4, 0.5) is 10.2 Å². The number of rotatable bonds is 7. The van der Waals surface area contributed by atoms with Gasteiger partial charge in [0.1, 0.15) is 17.5 Å². The first-order chi connectivity index (χ1) is 13.4. The van der Waals surface area contributed by atoms with Crippen LogP contribution in [0.1, 0.15) is 31.2 Å². The third kappa shape index (κ3) is 5.25. The standard InChI is InChI=1S/C21H28FN5O/c1-15(6-7-16-4-3-5-17(22)12-16)21(28)27-11-9-18(13-27)26(2)14-20-24-10-8-19(23)25-20/h3-5,8,10,12,15,18H,6-7,9,11,13-14H2,1-2H3,(H2,23,24,25)/t15-,18+/m0/s1. The van der Waals surface area contributed by atoms with Gasteiger partial charge in [-0.25, -0.2) is 14.4 Å². The fourth-order valence-corrected chi connectivity index (χ4v) is 3.66. The number of carbonyl (C=O) groups excluding carboxylic acids is 1. The number of halogens is 1. The van der Waals surface area contributed by atoms with Crippen molar-refractivity contribution in [1.29, 1.82) is 0 Å². The molecule has 1 fully saturated rings. The van der Waals surface area contributed by atoms with Crippen LogP contribution in [-0.4, -0.2) is 51.9 Å². The number of amides is 1. The molecule has 3 rings (SSSR count). The van der Waals surface area contributed by atoms with E-state index in [1.54, 1.807) is 18.3 Å². The maximum absolute atomic E-state index is 13.3. The molecule has 2 atom stereocenters. The molecule has 1 aromatic heterocycles. The molecule has 2 N–H and O–H groups in total. The lowest BCUT2D eigenvalue weighted by Gasteiger charge is -2.25. The zero-order valence-electron chi connectivity index (χ0n) is 16.5. The predicted octanol–water partition coefficient (Wildman–Crippen LogP) is 2.50. The molecule has 7 heteroatoms. The lowest BCUT2D eigenvalue weighted by atomic mass is 10.00. The molecule has 1 aromatic carbocycles. The van der Waals surface area contributed by atoms with E-state index in [1.165, 1.54) is 12.1 Å². The van der Waals surface area contributed by atoms with Crippen LogP contribution in [0, 0.1) is 11.7 Å². The summed E-state index contributed by atoms with van der Waals surface area (Å²) in [7, 11) is 2.03. The summed E-state index contributed by atoms with van der Waals surface area (Å²) in [6.45, 7) is 4.03. The minimum absolute atomic E-state index is 0.0791. The molecule has 28 heavy (non-hydrogen) atoms. The van der Waals surface area contributed by atoms with Crippen molar-refractivity contribution in [3.05, 3.63) is 53.7 Å². The molecule has 0 saturated carbocycles. The van der Waals surface area contributed by atoms with Gasteiger partial charge in [0.25, 0.3) is 0 Å². The van der Waals surface area contributed by atoms with Gasteiger partial charge >= 0.3 is 0 Å². The van der Waals surface area contributed by atoms with Crippen molar-refractivity contribution in [3.8, 4) is 0 Å². The van der Waals surface area contributed by atoms with E-state index in [0.29, 0.717) is 31.2 Å². The summed E-state index contributed by atoms with van der Waals surface area (Å²) in [4.78, 5) is 25.4. The molecular formula is C21H28FN5O. The maximum atomic E-state index is 13.3. The molecule has 2 aromatic rings. The number of hydrogen-bond acceptors (Lipinski definition) is 5. The summed E-state index contributed by atoms with van der Waals surface area (Å²) in [5.74, 6) is 1.02. The van der Waals surface area contributed by atoms with E-state index in [0.717, 1.165) is 24.9 Å². The predicted molar refractivity (Wildman–Crippen MR) is 107 cm³/mol. The number of hydrogen-bond donors (Lipinski definition) is 1. The molecule has 1 amide bonds. The first-order valence-electron chi connectivity index (χ1n) is 9.73. The smallest absolute Gasteiger partial charge is 0.225 e. The Kier molecular flexibility index (Phi) is 6.57. The van der Waals surface area contributed by atoms with Crippen molar-refractivity contribution < 1.29 is 9.18 Å². The van der Waals surface area contributed by atoms with Gasteiger partial charge in [0.05, 0.1) is 6.54 Å². The molecule has 150 valence electrons. The van der Waals surface area contributed by atoms with Gasteiger partial charge in [0.2, 0.25) is 5.91 Å². The molecule has 2 heterocycles. The minimum atomic E-state index is -0.231. The van der Waals surface area contributed by atoms with Gasteiger partial charge in [-0.05, 0) is 50.1 Å². The molecule has 0 radical (unpaired) electrons. The topological polar surface area (TPSA) is 75.4 Å². The van der Waals surface area contributed by atoms with Crippen LogP contribution in [0.2, 0.25) is 0 Å². The number of nitrogen functional groups attached to an aromatic ring is 1. The maximum Gasteiger partial charge on any atom is 0.225 e. The Labute approximate surface area is 165 Å². The summed E-state index contributed by atoms with van der Waals surface area (Å²) in [5, 5.41) is 0. The zero-order valence-corrected chi connectivity index (χ0v) is 16.5. The number of aryl methyl sites for hydroxylation is 1. The summed E-state index contributed by atoms with van der Waals surface area (Å²) in [5.41, 5.74) is 6.65. The van der Waals surface area contributed by atoms with Crippen molar-refractivity contribution in [2.45, 2.75) is 38.8 Å². The molecule has 6 nitrogen and oxygen atoms in total. The summed E-state index contributed by atoms with van der Waals surface area (Å²) in [6, 6.07) is 8.54. The highest BCUT2D eigenvalue weighted by molar-refractivity contribution is 5.78. The van der Waals surface area contributed by atoms with Gasteiger partial charge in [0.15, 0.2) is 0 Å². The minimum Gasteiger partial charge on any atom is -0.384 e. The third-order valence-electron chi connectivity index (χ3n) is 5.39. The Morgan fingerprint density at radius 1 is 1.43 bits per heavy atom. The quantitative estimate of drug-likeness (QED) is 0.793. The van der Waals surface area contributed by atoms with Crippen molar-refractivity contribution in [3.63, 3.8) is 0 Å². The summed E-state index contributed by atoms with van der Waals surface area (Å²) in [6.07, 6.45) is 4.02. The fourth-order valence-electron chi connectivity index (χ4n) is 3.66. The fraction of sp³-hybridized carbons (Fsp3) is 0.476. The second-order valence-electron chi connectivity index (χ2n) is 7.61. The number of benzene rings is 1. The SMILES string of the molecule is C[C@@H](CCc1cccc(F)c1)C(=O)N1CC[C@@H](N(C)Cc2nccc(N)n2)C1. The molecule has 0 aliphatic carbocycles. The Morgan fingerprint density at radius 2 is 2.25 bits per heavy atom. The van der Waals surface area contributed by atoms with Gasteiger partial charge < -0.3 is 10.6 Å². The third-order valence-corrected chi connectivity index (χ3v) is 5.39. The lowest BCUT2D eigenvalue weighted by Crippen LogP contribution is -2.38. The number of nitrogens with two attached hydrogens (primary N) is 1. The van der Waals surface area contributed by atoms with E-state index < -0.39 is 0 Å². The van der Waals surface area contributed by atoms with Crippen LogP contribution >= 0.6 is 0 Å². The normalized spacial score (nSPS) is 17.9. The zero-order chi connectivity index (χ0) is 20.1. The van der Waals surface area contributed by atoms with Crippen molar-refractivity contribution in [1.82, 2.24) is 19.8 Å². The van der Waals surface area contributed by atoms with Crippen LogP contribution in [0.5, 0.6) is 0 Å². The molecule has 0 spiro atoms. The van der Waals surface area contributed by atoms with E-state index >= 15 is 0 Å². The monoisotopic (exact) mass is 385 g/mol. The summed E-state index contributed by atoms with van der Waals surface area (Å²) < 4.78 is 13.3. The van der Waals surface area contributed by atoms with Gasteiger partial charge in [-0.3, -0.25) is 9.69 Å². The van der Waals surface area contributed by atoms with E-state index in [9.17, 15) is 9.18 Å². The number of aromatic nitrogens is 2. The Hall–Kier alpha value is -2.54. The Bertz CT molecular complexity index is 815. The van der Waals surface area contributed by atoms with E-state index in [2.05, 4.69) is 14.9 Å². The average molecular weight is 385 g/mol. The van der Waals surface area contributed by atoms with Crippen LogP contribution in [0.25, 0.3) is 0 Å². The van der Waals surface area contributed by atoms with Gasteiger partial charge in [-0.2, -0.15) is 0 Å². The van der Waals surface area contributed by atoms with Crippen LogP contribution in [0.15, 0.2) is 36.5 Å². The van der Waals surface area contributed by atoms with Crippen LogP contribution in [0.3, 0.4) is 0 Å². The molecule has 0 unspecified atom stereocenters. The first kappa shape index (κ1) is 20.2. The average Bonchev–Trinajstić information content (AvgIpc) is 3.16. The van der Waals surface area contributed by atoms with Gasteiger partial charge in [0, 0.05) is 31.2 Å². The molecule has 0 bridgehead atoms. The van der Waals surface area contributed by atoms with E-state index in [1.807, 2.05) is 24.9 Å². The number of nitrogens with zero attached hydrogens (tertiary/aromatic N) is 4. The molecular weight excluding hydrogens is 357 g/mol. The number of likely N-dealkylation sites (tertiary alicyclic amines) is 1. The molecule has 1 saturated heterocycles. The van der Waals surface area contributed by atoms with Crippen LogP contribution < -0.4 is 5.73 Å². The highest BCUT2D eigenvalue weighted by Crippen LogP contribution is 2.20. The van der Waals surface area contributed by atoms with Gasteiger partial charge in [-0.1, -0.05) is 19.1 Å². The summed E-state index contributed by atoms with van der Waals surface area (Å²) >= 11 is 0. The highest BCUT2D eigenvalue weighted by Gasteiger charge is 2.31. The molecule has 1 aliphatic rings. The molecule has 1 aliphatic heterocycles.